The maximum absolute atomic E-state index is 13.4. The summed E-state index contributed by atoms with van der Waals surface area (Å²) in [6.45, 7) is 4.10. The highest BCUT2D eigenvalue weighted by atomic mass is 19.4. The van der Waals surface area contributed by atoms with Gasteiger partial charge in [-0.1, -0.05) is 12.1 Å². The molecule has 1 fully saturated rings. The molecular weight excluding hydrogens is 595 g/mol. The summed E-state index contributed by atoms with van der Waals surface area (Å²) >= 11 is 0. The van der Waals surface area contributed by atoms with Crippen molar-refractivity contribution in [3.8, 4) is 22.6 Å². The minimum atomic E-state index is -4.93. The van der Waals surface area contributed by atoms with Crippen LogP contribution in [0.1, 0.15) is 38.3 Å². The van der Waals surface area contributed by atoms with Crippen molar-refractivity contribution in [3.05, 3.63) is 75.1 Å². The van der Waals surface area contributed by atoms with Gasteiger partial charge in [0.05, 0.1) is 12.7 Å². The van der Waals surface area contributed by atoms with E-state index in [1.54, 1.807) is 36.8 Å². The third-order valence-corrected chi connectivity index (χ3v) is 8.08. The maximum Gasteiger partial charge on any atom is 0.573 e. The lowest BCUT2D eigenvalue weighted by Crippen LogP contribution is -2.51. The van der Waals surface area contributed by atoms with E-state index in [0.717, 1.165) is 32.5 Å². The zero-order valence-corrected chi connectivity index (χ0v) is 25.1. The average Bonchev–Trinajstić information content (AvgIpc) is 3.15. The third kappa shape index (κ3) is 6.99. The summed E-state index contributed by atoms with van der Waals surface area (Å²) in [5, 5.41) is 2.97. The van der Waals surface area contributed by atoms with Crippen molar-refractivity contribution in [3.63, 3.8) is 0 Å². The Morgan fingerprint density at radius 3 is 2.42 bits per heavy atom. The van der Waals surface area contributed by atoms with Gasteiger partial charge in [0.15, 0.2) is 0 Å². The van der Waals surface area contributed by atoms with Gasteiger partial charge < -0.3 is 24.6 Å². The van der Waals surface area contributed by atoms with Gasteiger partial charge in [-0.25, -0.2) is 9.59 Å². The molecule has 3 amide bonds. The topological polar surface area (TPSA) is 115 Å². The Balaban J connectivity index is 1.30. The Kier molecular flexibility index (Phi) is 8.94. The fourth-order valence-electron chi connectivity index (χ4n) is 5.83. The standard InChI is InChI=1S/C31H34F3N5O6/c1-19(2)39-28(41)25(20-5-4-6-24(15-20)45-31(32,33)34)17-37(30(39)43)18-27(40)36-12-10-22(11-13-36)38-14-9-21-16-23(44-3)7-8-26(21)35-29(38)42/h4-8,15-17,19,22H,9-14,18H2,1-3H3,(H,35,42). The number of likely N-dealkylation sites (tertiary alicyclic amines) is 1. The average molecular weight is 630 g/mol. The molecule has 0 radical (unpaired) electrons. The van der Waals surface area contributed by atoms with E-state index < -0.39 is 29.4 Å². The lowest BCUT2D eigenvalue weighted by atomic mass is 10.0. The molecule has 0 unspecified atom stereocenters. The Morgan fingerprint density at radius 1 is 1.02 bits per heavy atom. The van der Waals surface area contributed by atoms with Crippen LogP contribution in [0.25, 0.3) is 11.1 Å². The maximum atomic E-state index is 13.4. The molecule has 3 heterocycles. The predicted molar refractivity (Wildman–Crippen MR) is 159 cm³/mol. The first kappa shape index (κ1) is 31.7. The molecule has 2 aliphatic rings. The van der Waals surface area contributed by atoms with Gasteiger partial charge in [0.2, 0.25) is 5.91 Å². The largest absolute Gasteiger partial charge is 0.573 e. The van der Waals surface area contributed by atoms with Crippen LogP contribution in [0.4, 0.5) is 23.7 Å². The Bertz CT molecular complexity index is 1710. The second-order valence-corrected chi connectivity index (χ2v) is 11.3. The molecule has 0 atom stereocenters. The van der Waals surface area contributed by atoms with Crippen LogP contribution in [0.5, 0.6) is 11.5 Å². The molecule has 0 bridgehead atoms. The summed E-state index contributed by atoms with van der Waals surface area (Å²) in [6.07, 6.45) is -2.00. The van der Waals surface area contributed by atoms with Crippen LogP contribution < -0.4 is 26.0 Å². The number of anilines is 1. The van der Waals surface area contributed by atoms with E-state index in [9.17, 15) is 32.3 Å². The van der Waals surface area contributed by atoms with E-state index in [-0.39, 0.29) is 35.7 Å². The number of aromatic nitrogens is 2. The molecule has 0 spiro atoms. The monoisotopic (exact) mass is 629 g/mol. The summed E-state index contributed by atoms with van der Waals surface area (Å²) in [7, 11) is 1.59. The van der Waals surface area contributed by atoms with E-state index in [2.05, 4.69) is 10.1 Å². The van der Waals surface area contributed by atoms with E-state index in [4.69, 9.17) is 4.74 Å². The molecule has 1 aromatic heterocycles. The predicted octanol–water partition coefficient (Wildman–Crippen LogP) is 4.25. The number of carbonyl (C=O) groups excluding carboxylic acids is 2. The Morgan fingerprint density at radius 2 is 1.76 bits per heavy atom. The molecule has 14 heteroatoms. The van der Waals surface area contributed by atoms with Crippen LogP contribution in [0, 0.1) is 0 Å². The lowest BCUT2D eigenvalue weighted by molar-refractivity contribution is -0.274. The van der Waals surface area contributed by atoms with Gasteiger partial charge in [0.25, 0.3) is 5.56 Å². The van der Waals surface area contributed by atoms with E-state index in [0.29, 0.717) is 44.6 Å². The second kappa shape index (κ2) is 12.7. The van der Waals surface area contributed by atoms with Crippen LogP contribution in [0.15, 0.2) is 58.3 Å². The summed E-state index contributed by atoms with van der Waals surface area (Å²) < 4.78 is 49.8. The second-order valence-electron chi connectivity index (χ2n) is 11.3. The number of nitrogens with zero attached hydrogens (tertiary/aromatic N) is 4. The van der Waals surface area contributed by atoms with Gasteiger partial charge in [0.1, 0.15) is 18.0 Å². The Hall–Kier alpha value is -4.75. The van der Waals surface area contributed by atoms with Gasteiger partial charge in [-0.2, -0.15) is 0 Å². The molecule has 2 aromatic carbocycles. The van der Waals surface area contributed by atoms with Gasteiger partial charge in [0, 0.05) is 43.6 Å². The van der Waals surface area contributed by atoms with Gasteiger partial charge in [-0.15, -0.1) is 13.2 Å². The molecular formula is C31H34F3N5O6. The van der Waals surface area contributed by atoms with Gasteiger partial charge >= 0.3 is 18.1 Å². The summed E-state index contributed by atoms with van der Waals surface area (Å²) in [4.78, 5) is 56.4. The summed E-state index contributed by atoms with van der Waals surface area (Å²) in [5.41, 5.74) is 0.373. The Labute approximate surface area is 256 Å². The zero-order chi connectivity index (χ0) is 32.5. The number of ether oxygens (including phenoxy) is 2. The number of benzene rings is 2. The highest BCUT2D eigenvalue weighted by Crippen LogP contribution is 2.29. The van der Waals surface area contributed by atoms with Crippen LogP contribution in [-0.4, -0.2) is 70.0 Å². The van der Waals surface area contributed by atoms with Crippen LogP contribution in [0.2, 0.25) is 0 Å². The number of halogens is 3. The number of methoxy groups -OCH3 is 1. The van der Waals surface area contributed by atoms with Crippen molar-refractivity contribution >= 4 is 17.6 Å². The molecule has 3 aromatic rings. The third-order valence-electron chi connectivity index (χ3n) is 8.08. The van der Waals surface area contributed by atoms with Crippen molar-refractivity contribution in [2.45, 2.75) is 58.1 Å². The molecule has 2 aliphatic heterocycles. The first-order valence-electron chi connectivity index (χ1n) is 14.6. The number of alkyl halides is 3. The van der Waals surface area contributed by atoms with Crippen molar-refractivity contribution in [1.82, 2.24) is 18.9 Å². The highest BCUT2D eigenvalue weighted by Gasteiger charge is 2.33. The number of piperidine rings is 1. The van der Waals surface area contributed by atoms with Crippen molar-refractivity contribution in [2.75, 3.05) is 32.1 Å². The smallest absolute Gasteiger partial charge is 0.497 e. The first-order chi connectivity index (χ1) is 21.3. The summed E-state index contributed by atoms with van der Waals surface area (Å²) in [6, 6.07) is 9.54. The number of amides is 3. The number of fused-ring (bicyclic) bond motifs is 1. The minimum absolute atomic E-state index is 0.0479. The molecule has 240 valence electrons. The van der Waals surface area contributed by atoms with Crippen molar-refractivity contribution in [2.24, 2.45) is 0 Å². The molecule has 1 saturated heterocycles. The number of hydrogen-bond donors (Lipinski definition) is 1. The fourth-order valence-corrected chi connectivity index (χ4v) is 5.83. The van der Waals surface area contributed by atoms with E-state index in [1.807, 2.05) is 12.1 Å². The molecule has 5 rings (SSSR count). The van der Waals surface area contributed by atoms with E-state index >= 15 is 0 Å². The minimum Gasteiger partial charge on any atom is -0.497 e. The number of urea groups is 1. The van der Waals surface area contributed by atoms with E-state index in [1.165, 1.54) is 18.3 Å². The highest BCUT2D eigenvalue weighted by molar-refractivity contribution is 5.91. The molecule has 1 N–H and O–H groups in total. The SMILES string of the molecule is COc1ccc2c(c1)CCN(C1CCN(C(=O)Cn3cc(-c4cccc(OC(F)(F)F)c4)c(=O)n(C(C)C)c3=O)CC1)C(=O)N2. The van der Waals surface area contributed by atoms with Crippen LogP contribution >= 0.6 is 0 Å². The number of carbonyl (C=O) groups is 2. The van der Waals surface area contributed by atoms with Gasteiger partial charge in [-0.3, -0.25) is 18.7 Å². The number of hydrogen-bond acceptors (Lipinski definition) is 6. The normalized spacial score (nSPS) is 15.8. The molecule has 11 nitrogen and oxygen atoms in total. The lowest BCUT2D eigenvalue weighted by Gasteiger charge is -2.38. The van der Waals surface area contributed by atoms with Crippen molar-refractivity contribution in [1.29, 1.82) is 0 Å². The zero-order valence-electron chi connectivity index (χ0n) is 25.1. The van der Waals surface area contributed by atoms with Crippen LogP contribution in [0.3, 0.4) is 0 Å². The van der Waals surface area contributed by atoms with Crippen LogP contribution in [-0.2, 0) is 17.8 Å². The molecule has 45 heavy (non-hydrogen) atoms. The van der Waals surface area contributed by atoms with Gasteiger partial charge in [-0.05, 0) is 74.6 Å². The summed E-state index contributed by atoms with van der Waals surface area (Å²) in [5.74, 6) is -0.166. The van der Waals surface area contributed by atoms with Crippen molar-refractivity contribution < 1.29 is 32.2 Å². The quantitative estimate of drug-likeness (QED) is 0.418. The molecule has 0 aliphatic carbocycles. The number of nitrogens with one attached hydrogen (secondary N) is 1. The molecule has 0 saturated carbocycles. The number of rotatable bonds is 7. The fraction of sp³-hybridized carbons (Fsp3) is 0.419. The first-order valence-corrected chi connectivity index (χ1v) is 14.6.